The van der Waals surface area contributed by atoms with Crippen LogP contribution in [-0.4, -0.2) is 0 Å². The zero-order valence-corrected chi connectivity index (χ0v) is 47.0. The summed E-state index contributed by atoms with van der Waals surface area (Å²) in [5.41, 5.74) is 29.5. The molecule has 0 saturated heterocycles. The zero-order valence-electron chi connectivity index (χ0n) is 45.4. The van der Waals surface area contributed by atoms with Crippen LogP contribution in [0.3, 0.4) is 0 Å². The van der Waals surface area contributed by atoms with Crippen LogP contribution in [-0.2, 0) is 16.2 Å². The van der Waals surface area contributed by atoms with Gasteiger partial charge in [0.1, 0.15) is 0 Å². The average Bonchev–Trinajstić information content (AvgIpc) is 2.96. The fourth-order valence-corrected chi connectivity index (χ4v) is 16.7. The Morgan fingerprint density at radius 1 is 0.228 bits per heavy atom. The summed E-state index contributed by atoms with van der Waals surface area (Å²) in [7, 11) is 0. The Morgan fingerprint density at radius 3 is 0.785 bits per heavy atom. The van der Waals surface area contributed by atoms with Crippen molar-refractivity contribution in [2.24, 2.45) is 0 Å². The molecule has 378 valence electrons. The van der Waals surface area contributed by atoms with E-state index in [9.17, 15) is 0 Å². The minimum atomic E-state index is -0.613. The van der Waals surface area contributed by atoms with Gasteiger partial charge in [0, 0.05) is 19.5 Å². The van der Waals surface area contributed by atoms with E-state index in [1.807, 2.05) is 22.7 Å². The first kappa shape index (κ1) is 47.8. The second kappa shape index (κ2) is 17.8. The first-order valence-electron chi connectivity index (χ1n) is 27.8. The summed E-state index contributed by atoms with van der Waals surface area (Å²) in [6, 6.07) is 94.2. The summed E-state index contributed by atoms with van der Waals surface area (Å²) >= 11 is 3.89. The highest BCUT2D eigenvalue weighted by Crippen LogP contribution is 2.64. The molecule has 0 aliphatic heterocycles. The lowest BCUT2D eigenvalue weighted by atomic mass is 9.67. The summed E-state index contributed by atoms with van der Waals surface area (Å²) in [6.07, 6.45) is 0. The lowest BCUT2D eigenvalue weighted by Crippen LogP contribution is -2.29. The van der Waals surface area contributed by atoms with Gasteiger partial charge in [0.2, 0.25) is 0 Å². The van der Waals surface area contributed by atoms with E-state index in [0.29, 0.717) is 0 Å². The maximum absolute atomic E-state index is 2.56. The SMILES string of the molecule is Cc1ccc(C2(c3ccc(C)cc3)c3cc(-c4cc5c(s4)-c4ccccc4C5(c4ccc(C)cc4)c4ccc(C)cc4)ccc3-c3ccc(-c4cc5c(s4)-c4ccccc4C5(c4ccc(C)cc4)c4ccc(C)cc4)cc32)cc1. The second-order valence-electron chi connectivity index (χ2n) is 22.8. The van der Waals surface area contributed by atoms with E-state index in [2.05, 4.69) is 284 Å². The first-order chi connectivity index (χ1) is 38.6. The van der Waals surface area contributed by atoms with Crippen LogP contribution < -0.4 is 0 Å². The van der Waals surface area contributed by atoms with Crippen molar-refractivity contribution in [2.45, 2.75) is 57.8 Å². The molecule has 10 aromatic carbocycles. The molecule has 0 atom stereocenters. The topological polar surface area (TPSA) is 0 Å². The summed E-state index contributed by atoms with van der Waals surface area (Å²) in [6.45, 7) is 13.2. The molecule has 79 heavy (non-hydrogen) atoms. The molecule has 0 amide bonds. The van der Waals surface area contributed by atoms with Crippen molar-refractivity contribution in [1.29, 1.82) is 0 Å². The van der Waals surface area contributed by atoms with Crippen molar-refractivity contribution in [1.82, 2.24) is 0 Å². The molecule has 0 spiro atoms. The monoisotopic (exact) mass is 1050 g/mol. The van der Waals surface area contributed by atoms with Crippen molar-refractivity contribution in [2.75, 3.05) is 0 Å². The smallest absolute Gasteiger partial charge is 0.0722 e. The molecule has 0 bridgehead atoms. The molecular weight excluding hydrogens is 989 g/mol. The summed E-state index contributed by atoms with van der Waals surface area (Å²) < 4.78 is 0. The highest BCUT2D eigenvalue weighted by Gasteiger charge is 2.51. The second-order valence-corrected chi connectivity index (χ2v) is 24.9. The van der Waals surface area contributed by atoms with Crippen molar-refractivity contribution >= 4 is 22.7 Å². The highest BCUT2D eigenvalue weighted by molar-refractivity contribution is 7.19. The Kier molecular flexibility index (Phi) is 10.8. The van der Waals surface area contributed by atoms with Crippen molar-refractivity contribution < 1.29 is 0 Å². The molecule has 2 aromatic heterocycles. The Hall–Kier alpha value is -8.40. The molecule has 2 heteroatoms. The minimum absolute atomic E-state index is 0.469. The van der Waals surface area contributed by atoms with E-state index in [0.717, 1.165) is 0 Å². The Labute approximate surface area is 473 Å². The van der Waals surface area contributed by atoms with Gasteiger partial charge < -0.3 is 0 Å². The standard InChI is InChI=1S/C77H58S2/c1-47-15-29-55(30-16-47)75(56-31-17-48(2)18-32-56)65-13-9-7-11-63(65)73-69(75)45-71(78-73)53-27-41-61-62-42-28-54(44-68(62)77(67(61)43-53,59-37-23-51(5)24-38-59)60-39-25-52(6)26-40-60)72-46-70-74(79-72)64-12-8-10-14-66(64)76(70,57-33-19-49(3)20-34-57)58-35-21-50(4)22-36-58/h7-46H,1-6H3. The number of aryl methyl sites for hydroxylation is 6. The van der Waals surface area contributed by atoms with Gasteiger partial charge in [-0.25, -0.2) is 0 Å². The van der Waals surface area contributed by atoms with Gasteiger partial charge >= 0.3 is 0 Å². The lowest BCUT2D eigenvalue weighted by Gasteiger charge is -2.34. The van der Waals surface area contributed by atoms with E-state index in [-0.39, 0.29) is 0 Å². The van der Waals surface area contributed by atoms with Crippen molar-refractivity contribution in [3.63, 3.8) is 0 Å². The molecule has 2 heterocycles. The molecule has 0 saturated carbocycles. The Morgan fingerprint density at radius 2 is 0.494 bits per heavy atom. The molecule has 3 aliphatic rings. The van der Waals surface area contributed by atoms with Crippen LogP contribution in [0, 0.1) is 41.5 Å². The summed E-state index contributed by atoms with van der Waals surface area (Å²) in [5.74, 6) is 0. The van der Waals surface area contributed by atoms with Crippen LogP contribution in [0.15, 0.2) is 243 Å². The van der Waals surface area contributed by atoms with E-state index in [1.54, 1.807) is 0 Å². The van der Waals surface area contributed by atoms with Gasteiger partial charge in [-0.05, 0) is 166 Å². The molecule has 15 rings (SSSR count). The number of rotatable bonds is 8. The van der Waals surface area contributed by atoms with Crippen LogP contribution in [0.1, 0.15) is 100 Å². The quantitative estimate of drug-likeness (QED) is 0.142. The molecule has 0 fully saturated rings. The highest BCUT2D eigenvalue weighted by atomic mass is 32.1. The number of hydrogen-bond acceptors (Lipinski definition) is 2. The molecule has 0 nitrogen and oxygen atoms in total. The van der Waals surface area contributed by atoms with Crippen LogP contribution >= 0.6 is 22.7 Å². The normalized spacial score (nSPS) is 14.5. The minimum Gasteiger partial charge on any atom is -0.135 e. The van der Waals surface area contributed by atoms with Gasteiger partial charge in [-0.2, -0.15) is 0 Å². The van der Waals surface area contributed by atoms with Gasteiger partial charge in [-0.15, -0.1) is 22.7 Å². The maximum Gasteiger partial charge on any atom is 0.0722 e. The van der Waals surface area contributed by atoms with E-state index in [1.165, 1.54) is 153 Å². The Bertz CT molecular complexity index is 3990. The van der Waals surface area contributed by atoms with Gasteiger partial charge in [0.15, 0.2) is 0 Å². The zero-order chi connectivity index (χ0) is 53.4. The van der Waals surface area contributed by atoms with Crippen LogP contribution in [0.2, 0.25) is 0 Å². The van der Waals surface area contributed by atoms with Gasteiger partial charge in [0.05, 0.1) is 16.2 Å². The first-order valence-corrected chi connectivity index (χ1v) is 29.4. The Balaban J connectivity index is 0.948. The molecule has 0 N–H and O–H groups in total. The third kappa shape index (κ3) is 6.84. The number of benzene rings is 10. The predicted octanol–water partition coefficient (Wildman–Crippen LogP) is 20.1. The molecular formula is C77H58S2. The lowest BCUT2D eigenvalue weighted by molar-refractivity contribution is 0.767. The molecule has 0 unspecified atom stereocenters. The van der Waals surface area contributed by atoms with E-state index < -0.39 is 16.2 Å². The van der Waals surface area contributed by atoms with Gasteiger partial charge in [-0.1, -0.05) is 252 Å². The summed E-state index contributed by atoms with van der Waals surface area (Å²) in [4.78, 5) is 5.26. The van der Waals surface area contributed by atoms with E-state index >= 15 is 0 Å². The molecule has 12 aromatic rings. The molecule has 3 aliphatic carbocycles. The van der Waals surface area contributed by atoms with Crippen LogP contribution in [0.4, 0.5) is 0 Å². The predicted molar refractivity (Wildman–Crippen MR) is 333 cm³/mol. The summed E-state index contributed by atoms with van der Waals surface area (Å²) in [5, 5.41) is 0. The maximum atomic E-state index is 2.56. The van der Waals surface area contributed by atoms with Crippen molar-refractivity contribution in [3.8, 4) is 52.9 Å². The number of fused-ring (bicyclic) bond motifs is 9. The van der Waals surface area contributed by atoms with Crippen LogP contribution in [0.5, 0.6) is 0 Å². The number of thiophene rings is 2. The van der Waals surface area contributed by atoms with Gasteiger partial charge in [-0.3, -0.25) is 0 Å². The van der Waals surface area contributed by atoms with Gasteiger partial charge in [0.25, 0.3) is 0 Å². The van der Waals surface area contributed by atoms with Crippen molar-refractivity contribution in [3.05, 3.63) is 343 Å². The third-order valence-corrected chi connectivity index (χ3v) is 20.5. The van der Waals surface area contributed by atoms with E-state index in [4.69, 9.17) is 0 Å². The van der Waals surface area contributed by atoms with Crippen LogP contribution in [0.25, 0.3) is 52.9 Å². The fraction of sp³-hybridized carbons (Fsp3) is 0.117. The third-order valence-electron chi connectivity index (χ3n) is 18.0. The molecule has 0 radical (unpaired) electrons. The average molecular weight is 1050 g/mol. The fourth-order valence-electron chi connectivity index (χ4n) is 14.1. The number of hydrogen-bond donors (Lipinski definition) is 0. The largest absolute Gasteiger partial charge is 0.135 e.